The third-order valence-corrected chi connectivity index (χ3v) is 2.44. The average Bonchev–Trinajstić information content (AvgIpc) is 2.76. The van der Waals surface area contributed by atoms with Gasteiger partial charge in [0.1, 0.15) is 5.82 Å². The highest BCUT2D eigenvalue weighted by Gasteiger charge is 2.19. The number of rotatable bonds is 3. The maximum absolute atomic E-state index is 13.1. The summed E-state index contributed by atoms with van der Waals surface area (Å²) in [7, 11) is 0. The molecule has 17 heavy (non-hydrogen) atoms. The normalized spacial score (nSPS) is 12.4. The first-order valence-corrected chi connectivity index (χ1v) is 4.99. The van der Waals surface area contributed by atoms with Crippen LogP contribution in [0.2, 0.25) is 0 Å². The van der Waals surface area contributed by atoms with E-state index in [1.165, 1.54) is 36.0 Å². The minimum Gasteiger partial charge on any atom is -0.481 e. The van der Waals surface area contributed by atoms with Crippen LogP contribution >= 0.6 is 0 Å². The van der Waals surface area contributed by atoms with E-state index in [9.17, 15) is 9.18 Å². The molecule has 2 aromatic rings. The second-order valence-electron chi connectivity index (χ2n) is 3.61. The summed E-state index contributed by atoms with van der Waals surface area (Å²) in [5.74, 6) is -2.15. The first-order chi connectivity index (χ1) is 8.09. The van der Waals surface area contributed by atoms with Crippen molar-refractivity contribution in [2.24, 2.45) is 0 Å². The topological polar surface area (TPSA) is 68.0 Å². The fraction of sp³-hybridized carbons (Fsp3) is 0.182. The van der Waals surface area contributed by atoms with E-state index >= 15 is 0 Å². The summed E-state index contributed by atoms with van der Waals surface area (Å²) in [6, 6.07) is 5.74. The lowest BCUT2D eigenvalue weighted by Crippen LogP contribution is -2.13. The van der Waals surface area contributed by atoms with Crippen molar-refractivity contribution in [2.75, 3.05) is 0 Å². The molecule has 0 saturated heterocycles. The van der Waals surface area contributed by atoms with Gasteiger partial charge in [-0.25, -0.2) is 9.07 Å². The molecule has 0 amide bonds. The van der Waals surface area contributed by atoms with Crippen LogP contribution in [0.5, 0.6) is 0 Å². The van der Waals surface area contributed by atoms with E-state index in [2.05, 4.69) is 10.3 Å². The second-order valence-corrected chi connectivity index (χ2v) is 3.61. The maximum atomic E-state index is 13.1. The zero-order chi connectivity index (χ0) is 12.4. The molecule has 0 spiro atoms. The Morgan fingerprint density at radius 2 is 2.29 bits per heavy atom. The zero-order valence-corrected chi connectivity index (χ0v) is 9.04. The van der Waals surface area contributed by atoms with Gasteiger partial charge in [0.05, 0.1) is 23.5 Å². The quantitative estimate of drug-likeness (QED) is 0.877. The van der Waals surface area contributed by atoms with Gasteiger partial charge in [0.2, 0.25) is 0 Å². The lowest BCUT2D eigenvalue weighted by molar-refractivity contribution is -0.138. The van der Waals surface area contributed by atoms with Crippen LogP contribution in [0.1, 0.15) is 18.5 Å². The number of aromatic nitrogens is 3. The minimum absolute atomic E-state index is 0.406. The van der Waals surface area contributed by atoms with E-state index in [-0.39, 0.29) is 0 Å². The first-order valence-electron chi connectivity index (χ1n) is 4.99. The third kappa shape index (κ3) is 2.15. The van der Waals surface area contributed by atoms with Gasteiger partial charge >= 0.3 is 5.97 Å². The third-order valence-electron chi connectivity index (χ3n) is 2.44. The standard InChI is InChI=1S/C11H10FN3O2/c1-7(11(16)17)10-6-13-14-15(10)9-4-2-3-8(12)5-9/h2-7H,1H3,(H,16,17). The Kier molecular flexibility index (Phi) is 2.86. The first kappa shape index (κ1) is 11.3. The van der Waals surface area contributed by atoms with Gasteiger partial charge in [-0.3, -0.25) is 4.79 Å². The molecule has 1 heterocycles. The molecule has 2 rings (SSSR count). The van der Waals surface area contributed by atoms with Crippen molar-refractivity contribution < 1.29 is 14.3 Å². The highest BCUT2D eigenvalue weighted by molar-refractivity contribution is 5.75. The number of nitrogens with zero attached hydrogens (tertiary/aromatic N) is 3. The van der Waals surface area contributed by atoms with Crippen molar-refractivity contribution in [3.8, 4) is 5.69 Å². The van der Waals surface area contributed by atoms with Crippen molar-refractivity contribution in [1.82, 2.24) is 15.0 Å². The molecule has 0 fully saturated rings. The van der Waals surface area contributed by atoms with Gasteiger partial charge in [0.25, 0.3) is 0 Å². The van der Waals surface area contributed by atoms with Crippen molar-refractivity contribution in [3.63, 3.8) is 0 Å². The molecule has 0 aliphatic carbocycles. The smallest absolute Gasteiger partial charge is 0.312 e. The molecule has 0 radical (unpaired) electrons. The lowest BCUT2D eigenvalue weighted by atomic mass is 10.1. The van der Waals surface area contributed by atoms with Crippen molar-refractivity contribution in [2.45, 2.75) is 12.8 Å². The molecule has 0 aliphatic heterocycles. The van der Waals surface area contributed by atoms with Crippen molar-refractivity contribution >= 4 is 5.97 Å². The molecule has 6 heteroatoms. The van der Waals surface area contributed by atoms with E-state index in [1.54, 1.807) is 6.07 Å². The zero-order valence-electron chi connectivity index (χ0n) is 9.04. The Morgan fingerprint density at radius 3 is 2.94 bits per heavy atom. The van der Waals surface area contributed by atoms with Gasteiger partial charge in [-0.2, -0.15) is 0 Å². The molecule has 5 nitrogen and oxygen atoms in total. The van der Waals surface area contributed by atoms with Crippen molar-refractivity contribution in [1.29, 1.82) is 0 Å². The van der Waals surface area contributed by atoms with Crippen LogP contribution in [-0.2, 0) is 4.79 Å². The summed E-state index contributed by atoms with van der Waals surface area (Å²) in [6.07, 6.45) is 1.36. The highest BCUT2D eigenvalue weighted by atomic mass is 19.1. The molecule has 1 aromatic heterocycles. The molecule has 1 aromatic carbocycles. The fourth-order valence-corrected chi connectivity index (χ4v) is 1.47. The molecular weight excluding hydrogens is 225 g/mol. The predicted octanol–water partition coefficient (Wildman–Crippen LogP) is 1.59. The molecule has 1 unspecified atom stereocenters. The van der Waals surface area contributed by atoms with E-state index < -0.39 is 17.7 Å². The Hall–Kier alpha value is -2.24. The predicted molar refractivity (Wildman–Crippen MR) is 57.4 cm³/mol. The summed E-state index contributed by atoms with van der Waals surface area (Å²) < 4.78 is 14.4. The number of hydrogen-bond acceptors (Lipinski definition) is 3. The highest BCUT2D eigenvalue weighted by Crippen LogP contribution is 2.18. The van der Waals surface area contributed by atoms with Crippen LogP contribution in [0, 0.1) is 5.82 Å². The minimum atomic E-state index is -0.982. The lowest BCUT2D eigenvalue weighted by Gasteiger charge is -2.09. The van der Waals surface area contributed by atoms with Crippen LogP contribution in [-0.4, -0.2) is 26.1 Å². The Labute approximate surface area is 96.5 Å². The number of carbonyl (C=O) groups is 1. The molecule has 1 atom stereocenters. The van der Waals surface area contributed by atoms with E-state index in [0.29, 0.717) is 11.4 Å². The molecule has 1 N–H and O–H groups in total. The van der Waals surface area contributed by atoms with E-state index in [4.69, 9.17) is 5.11 Å². The maximum Gasteiger partial charge on any atom is 0.312 e. The number of aliphatic carboxylic acids is 1. The average molecular weight is 235 g/mol. The Balaban J connectivity index is 2.47. The molecule has 88 valence electrons. The van der Waals surface area contributed by atoms with Crippen LogP contribution in [0.3, 0.4) is 0 Å². The van der Waals surface area contributed by atoms with E-state index in [0.717, 1.165) is 0 Å². The Morgan fingerprint density at radius 1 is 1.53 bits per heavy atom. The van der Waals surface area contributed by atoms with Gasteiger partial charge < -0.3 is 5.11 Å². The number of carboxylic acid groups (broad SMARTS) is 1. The molecular formula is C11H10FN3O2. The fourth-order valence-electron chi connectivity index (χ4n) is 1.47. The summed E-state index contributed by atoms with van der Waals surface area (Å²) in [5, 5.41) is 16.4. The Bertz CT molecular complexity index is 553. The number of halogens is 1. The van der Waals surface area contributed by atoms with Crippen LogP contribution in [0.15, 0.2) is 30.5 Å². The van der Waals surface area contributed by atoms with Gasteiger partial charge in [-0.05, 0) is 25.1 Å². The van der Waals surface area contributed by atoms with Crippen LogP contribution in [0.4, 0.5) is 4.39 Å². The van der Waals surface area contributed by atoms with Gasteiger partial charge in [-0.1, -0.05) is 11.3 Å². The largest absolute Gasteiger partial charge is 0.481 e. The molecule has 0 saturated carbocycles. The van der Waals surface area contributed by atoms with Crippen LogP contribution in [0.25, 0.3) is 5.69 Å². The monoisotopic (exact) mass is 235 g/mol. The second kappa shape index (κ2) is 4.32. The molecule has 0 aliphatic rings. The summed E-state index contributed by atoms with van der Waals surface area (Å²) >= 11 is 0. The SMILES string of the molecule is CC(C(=O)O)c1cnnn1-c1cccc(F)c1. The summed E-state index contributed by atoms with van der Waals surface area (Å²) in [4.78, 5) is 10.9. The van der Waals surface area contributed by atoms with Crippen LogP contribution < -0.4 is 0 Å². The number of benzene rings is 1. The number of carboxylic acids is 1. The van der Waals surface area contributed by atoms with Crippen molar-refractivity contribution in [3.05, 3.63) is 42.0 Å². The van der Waals surface area contributed by atoms with Gasteiger partial charge in [0, 0.05) is 0 Å². The summed E-state index contributed by atoms with van der Waals surface area (Å²) in [6.45, 7) is 1.52. The molecule has 0 bridgehead atoms. The van der Waals surface area contributed by atoms with Gasteiger partial charge in [-0.15, -0.1) is 5.10 Å². The van der Waals surface area contributed by atoms with E-state index in [1.807, 2.05) is 0 Å². The summed E-state index contributed by atoms with van der Waals surface area (Å²) in [5.41, 5.74) is 0.855. The number of hydrogen-bond donors (Lipinski definition) is 1. The van der Waals surface area contributed by atoms with Gasteiger partial charge in [0.15, 0.2) is 0 Å².